The number of carboxylic acids is 1. The van der Waals surface area contributed by atoms with Crippen molar-refractivity contribution in [2.45, 2.75) is 31.2 Å². The lowest BCUT2D eigenvalue weighted by atomic mass is 9.79. The van der Waals surface area contributed by atoms with Crippen molar-refractivity contribution in [3.63, 3.8) is 0 Å². The number of carboxylic acid groups (broad SMARTS) is 1. The zero-order valence-corrected chi connectivity index (χ0v) is 19.1. The Labute approximate surface area is 203 Å². The molecular formula is C28H26N2O5. The summed E-state index contributed by atoms with van der Waals surface area (Å²) in [7, 11) is 0. The SMILES string of the molecule is O=C(O)Cc1ccccc1NC(=O)C1CC(NC(=O)OCC2c3ccccc3-c3ccccc32)C1. The van der Waals surface area contributed by atoms with E-state index in [2.05, 4.69) is 34.9 Å². The van der Waals surface area contributed by atoms with E-state index in [1.165, 1.54) is 11.1 Å². The number of anilines is 1. The number of para-hydroxylation sites is 1. The Morgan fingerprint density at radius 3 is 2.11 bits per heavy atom. The molecule has 0 radical (unpaired) electrons. The second-order valence-corrected chi connectivity index (χ2v) is 9.05. The summed E-state index contributed by atoms with van der Waals surface area (Å²) in [5.41, 5.74) is 5.73. The van der Waals surface area contributed by atoms with E-state index in [0.29, 0.717) is 24.1 Å². The van der Waals surface area contributed by atoms with Gasteiger partial charge in [0.1, 0.15) is 6.61 Å². The van der Waals surface area contributed by atoms with Crippen molar-refractivity contribution in [1.82, 2.24) is 5.32 Å². The Bertz CT molecular complexity index is 1240. The Morgan fingerprint density at radius 1 is 0.857 bits per heavy atom. The number of alkyl carbamates (subject to hydrolysis) is 1. The zero-order chi connectivity index (χ0) is 24.4. The summed E-state index contributed by atoms with van der Waals surface area (Å²) < 4.78 is 5.58. The van der Waals surface area contributed by atoms with Crippen molar-refractivity contribution in [2.24, 2.45) is 5.92 Å². The second kappa shape index (κ2) is 9.62. The number of hydrogen-bond donors (Lipinski definition) is 3. The average Bonchev–Trinajstić information content (AvgIpc) is 3.14. The fraction of sp³-hybridized carbons (Fsp3) is 0.250. The molecule has 7 nitrogen and oxygen atoms in total. The number of benzene rings is 3. The van der Waals surface area contributed by atoms with Gasteiger partial charge in [0.05, 0.1) is 6.42 Å². The summed E-state index contributed by atoms with van der Waals surface area (Å²) in [6, 6.07) is 23.1. The predicted molar refractivity (Wildman–Crippen MR) is 131 cm³/mol. The highest BCUT2D eigenvalue weighted by Gasteiger charge is 2.36. The molecule has 1 saturated carbocycles. The van der Waals surface area contributed by atoms with E-state index < -0.39 is 12.1 Å². The Balaban J connectivity index is 1.11. The van der Waals surface area contributed by atoms with Crippen LogP contribution < -0.4 is 10.6 Å². The second-order valence-electron chi connectivity index (χ2n) is 9.05. The Morgan fingerprint density at radius 2 is 1.46 bits per heavy atom. The van der Waals surface area contributed by atoms with Gasteiger partial charge in [-0.2, -0.15) is 0 Å². The van der Waals surface area contributed by atoms with Gasteiger partial charge in [-0.1, -0.05) is 66.7 Å². The molecule has 35 heavy (non-hydrogen) atoms. The standard InChI is InChI=1S/C28H26N2O5/c31-26(32)15-17-7-1-6-12-25(17)30-27(33)18-13-19(14-18)29-28(34)35-16-24-22-10-4-2-8-20(22)21-9-3-5-11-23(21)24/h1-12,18-19,24H,13-16H2,(H,29,34)(H,30,33)(H,31,32). The number of fused-ring (bicyclic) bond motifs is 3. The molecule has 2 aliphatic rings. The largest absolute Gasteiger partial charge is 0.481 e. The third kappa shape index (κ3) is 4.75. The lowest BCUT2D eigenvalue weighted by molar-refractivity contribution is -0.136. The van der Waals surface area contributed by atoms with E-state index in [4.69, 9.17) is 9.84 Å². The smallest absolute Gasteiger partial charge is 0.407 e. The molecule has 0 heterocycles. The van der Waals surface area contributed by atoms with Crippen LogP contribution in [0.2, 0.25) is 0 Å². The molecule has 3 aromatic rings. The van der Waals surface area contributed by atoms with E-state index in [1.54, 1.807) is 24.3 Å². The van der Waals surface area contributed by atoms with Gasteiger partial charge in [-0.3, -0.25) is 9.59 Å². The molecule has 2 aliphatic carbocycles. The maximum atomic E-state index is 12.6. The van der Waals surface area contributed by atoms with Crippen LogP contribution in [-0.4, -0.2) is 35.7 Å². The predicted octanol–water partition coefficient (Wildman–Crippen LogP) is 4.57. The van der Waals surface area contributed by atoms with Crippen LogP contribution in [0.4, 0.5) is 10.5 Å². The first-order valence-corrected chi connectivity index (χ1v) is 11.7. The van der Waals surface area contributed by atoms with Gasteiger partial charge >= 0.3 is 12.1 Å². The van der Waals surface area contributed by atoms with Gasteiger partial charge in [-0.15, -0.1) is 0 Å². The van der Waals surface area contributed by atoms with Gasteiger partial charge in [0.15, 0.2) is 0 Å². The number of nitrogens with one attached hydrogen (secondary N) is 2. The summed E-state index contributed by atoms with van der Waals surface area (Å²) in [6.45, 7) is 0.247. The molecule has 178 valence electrons. The van der Waals surface area contributed by atoms with Crippen LogP contribution >= 0.6 is 0 Å². The van der Waals surface area contributed by atoms with Crippen molar-refractivity contribution in [2.75, 3.05) is 11.9 Å². The minimum absolute atomic E-state index is 0.000984. The van der Waals surface area contributed by atoms with Crippen molar-refractivity contribution in [1.29, 1.82) is 0 Å². The molecule has 3 aromatic carbocycles. The molecule has 0 spiro atoms. The van der Waals surface area contributed by atoms with Crippen LogP contribution in [0.25, 0.3) is 11.1 Å². The number of rotatable bonds is 7. The van der Waals surface area contributed by atoms with Gasteiger partial charge in [-0.05, 0) is 46.7 Å². The number of carbonyl (C=O) groups excluding carboxylic acids is 2. The monoisotopic (exact) mass is 470 g/mol. The minimum atomic E-state index is -0.956. The normalized spacial score (nSPS) is 18.1. The maximum Gasteiger partial charge on any atom is 0.407 e. The number of aliphatic carboxylic acids is 1. The molecule has 5 rings (SSSR count). The lowest BCUT2D eigenvalue weighted by Crippen LogP contribution is -2.48. The molecule has 0 atom stereocenters. The van der Waals surface area contributed by atoms with Gasteiger partial charge in [0, 0.05) is 23.6 Å². The molecule has 0 aliphatic heterocycles. The minimum Gasteiger partial charge on any atom is -0.481 e. The molecule has 1 fully saturated rings. The number of carbonyl (C=O) groups is 3. The summed E-state index contributed by atoms with van der Waals surface area (Å²) in [6.07, 6.45) is 0.379. The summed E-state index contributed by atoms with van der Waals surface area (Å²) in [4.78, 5) is 36.1. The molecular weight excluding hydrogens is 444 g/mol. The first-order chi connectivity index (χ1) is 17.0. The highest BCUT2D eigenvalue weighted by atomic mass is 16.5. The van der Waals surface area contributed by atoms with Crippen LogP contribution in [0.3, 0.4) is 0 Å². The van der Waals surface area contributed by atoms with Crippen LogP contribution in [0.15, 0.2) is 72.8 Å². The van der Waals surface area contributed by atoms with Crippen LogP contribution in [-0.2, 0) is 20.7 Å². The highest BCUT2D eigenvalue weighted by Crippen LogP contribution is 2.44. The Kier molecular flexibility index (Phi) is 6.23. The topological polar surface area (TPSA) is 105 Å². The van der Waals surface area contributed by atoms with Gasteiger partial charge in [0.25, 0.3) is 0 Å². The Hall–Kier alpha value is -4.13. The molecule has 2 amide bonds. The van der Waals surface area contributed by atoms with Crippen LogP contribution in [0.1, 0.15) is 35.4 Å². The van der Waals surface area contributed by atoms with E-state index in [1.807, 2.05) is 24.3 Å². The lowest BCUT2D eigenvalue weighted by Gasteiger charge is -2.34. The van der Waals surface area contributed by atoms with Crippen molar-refractivity contribution in [3.8, 4) is 11.1 Å². The molecule has 0 unspecified atom stereocenters. The van der Waals surface area contributed by atoms with Crippen LogP contribution in [0.5, 0.6) is 0 Å². The average molecular weight is 471 g/mol. The zero-order valence-electron chi connectivity index (χ0n) is 19.1. The van der Waals surface area contributed by atoms with Crippen LogP contribution in [0, 0.1) is 5.92 Å². The van der Waals surface area contributed by atoms with E-state index in [9.17, 15) is 14.4 Å². The number of amides is 2. The van der Waals surface area contributed by atoms with Crippen molar-refractivity contribution >= 4 is 23.7 Å². The number of ether oxygens (including phenoxy) is 1. The van der Waals surface area contributed by atoms with E-state index >= 15 is 0 Å². The van der Waals surface area contributed by atoms with Gasteiger partial charge < -0.3 is 20.5 Å². The summed E-state index contributed by atoms with van der Waals surface area (Å²) in [5, 5.41) is 14.7. The van der Waals surface area contributed by atoms with E-state index in [0.717, 1.165) is 11.1 Å². The molecule has 0 saturated heterocycles. The third-order valence-corrected chi connectivity index (χ3v) is 6.79. The van der Waals surface area contributed by atoms with Gasteiger partial charge in [0.2, 0.25) is 5.91 Å². The maximum absolute atomic E-state index is 12.6. The first kappa shape index (κ1) is 22.7. The molecule has 0 aromatic heterocycles. The fourth-order valence-corrected chi connectivity index (χ4v) is 4.95. The fourth-order valence-electron chi connectivity index (χ4n) is 4.95. The summed E-state index contributed by atoms with van der Waals surface area (Å²) >= 11 is 0. The quantitative estimate of drug-likeness (QED) is 0.469. The number of hydrogen-bond acceptors (Lipinski definition) is 4. The molecule has 7 heteroatoms. The van der Waals surface area contributed by atoms with Crippen molar-refractivity contribution in [3.05, 3.63) is 89.5 Å². The highest BCUT2D eigenvalue weighted by molar-refractivity contribution is 5.94. The molecule has 0 bridgehead atoms. The third-order valence-electron chi connectivity index (χ3n) is 6.79. The van der Waals surface area contributed by atoms with Gasteiger partial charge in [-0.25, -0.2) is 4.79 Å². The summed E-state index contributed by atoms with van der Waals surface area (Å²) in [5.74, 6) is -1.37. The van der Waals surface area contributed by atoms with E-state index in [-0.39, 0.29) is 36.8 Å². The molecule has 3 N–H and O–H groups in total. The first-order valence-electron chi connectivity index (χ1n) is 11.7. The van der Waals surface area contributed by atoms with Crippen molar-refractivity contribution < 1.29 is 24.2 Å².